The lowest BCUT2D eigenvalue weighted by molar-refractivity contribution is -0.121. The minimum Gasteiger partial charge on any atom is -0.364 e. The molecule has 2 nitrogen and oxygen atoms in total. The van der Waals surface area contributed by atoms with Crippen LogP contribution in [0.3, 0.4) is 0 Å². The first-order chi connectivity index (χ1) is 5.00. The fraction of sp³-hybridized carbons (Fsp3) is 1.00. The highest BCUT2D eigenvalue weighted by atomic mass is 35.5. The van der Waals surface area contributed by atoms with Gasteiger partial charge in [-0.25, -0.2) is 4.39 Å². The molecular weight excluding hydrogens is 171 g/mol. The molecular formula is C7H12ClFO2. The molecule has 11 heavy (non-hydrogen) atoms. The van der Waals surface area contributed by atoms with Gasteiger partial charge >= 0.3 is 0 Å². The van der Waals surface area contributed by atoms with Gasteiger partial charge in [0.15, 0.2) is 0 Å². The largest absolute Gasteiger partial charge is 0.364 e. The summed E-state index contributed by atoms with van der Waals surface area (Å²) >= 11 is 5.40. The van der Waals surface area contributed by atoms with Gasteiger partial charge in [0.25, 0.3) is 0 Å². The van der Waals surface area contributed by atoms with Gasteiger partial charge in [-0.2, -0.15) is 0 Å². The molecule has 1 saturated heterocycles. The van der Waals surface area contributed by atoms with Crippen LogP contribution >= 0.6 is 11.6 Å². The summed E-state index contributed by atoms with van der Waals surface area (Å²) in [4.78, 5) is 0. The molecule has 0 spiro atoms. The minimum absolute atomic E-state index is 0.271. The summed E-state index contributed by atoms with van der Waals surface area (Å²) < 4.78 is 18.1. The van der Waals surface area contributed by atoms with Crippen molar-refractivity contribution in [3.63, 3.8) is 0 Å². The van der Waals surface area contributed by atoms with Gasteiger partial charge in [-0.15, -0.1) is 0 Å². The summed E-state index contributed by atoms with van der Waals surface area (Å²) in [6.07, 6.45) is -1.09. The van der Waals surface area contributed by atoms with Crippen molar-refractivity contribution < 1.29 is 14.2 Å². The molecule has 1 N–H and O–H groups in total. The van der Waals surface area contributed by atoms with E-state index in [1.165, 1.54) is 0 Å². The Morgan fingerprint density at radius 1 is 1.73 bits per heavy atom. The van der Waals surface area contributed by atoms with Crippen LogP contribution in [0.25, 0.3) is 0 Å². The van der Waals surface area contributed by atoms with Gasteiger partial charge in [-0.1, -0.05) is 25.4 Å². The lowest BCUT2D eigenvalue weighted by Gasteiger charge is -2.18. The summed E-state index contributed by atoms with van der Waals surface area (Å²) in [5, 5.41) is 6.89. The lowest BCUT2D eigenvalue weighted by Crippen LogP contribution is -2.32. The Morgan fingerprint density at radius 2 is 2.27 bits per heavy atom. The first-order valence-electron chi connectivity index (χ1n) is 3.71. The standard InChI is InChI=1S/C7H12ClFO2/c1-3-5-4(2)7(8,9)6(10)11-5/h4-6,10H,3H2,1-2H3/t4-,5-,6?,7-/m1/s1. The first-order valence-corrected chi connectivity index (χ1v) is 4.09. The van der Waals surface area contributed by atoms with Crippen LogP contribution in [-0.4, -0.2) is 22.6 Å². The molecule has 1 aliphatic rings. The van der Waals surface area contributed by atoms with E-state index in [4.69, 9.17) is 21.4 Å². The second-order valence-electron chi connectivity index (χ2n) is 2.90. The fourth-order valence-corrected chi connectivity index (χ4v) is 1.49. The molecule has 1 heterocycles. The molecule has 4 atom stereocenters. The Labute approximate surface area is 70.3 Å². The van der Waals surface area contributed by atoms with E-state index in [-0.39, 0.29) is 6.10 Å². The Bertz CT molecular complexity index is 151. The van der Waals surface area contributed by atoms with E-state index >= 15 is 0 Å². The van der Waals surface area contributed by atoms with E-state index < -0.39 is 17.3 Å². The molecule has 0 radical (unpaired) electrons. The maximum Gasteiger partial charge on any atom is 0.238 e. The van der Waals surface area contributed by atoms with Crippen molar-refractivity contribution in [2.45, 2.75) is 37.8 Å². The van der Waals surface area contributed by atoms with Crippen molar-refractivity contribution >= 4 is 11.6 Å². The van der Waals surface area contributed by atoms with Gasteiger partial charge in [-0.05, 0) is 6.42 Å². The van der Waals surface area contributed by atoms with Crippen LogP contribution in [0.5, 0.6) is 0 Å². The summed E-state index contributed by atoms with van der Waals surface area (Å²) in [7, 11) is 0. The molecule has 66 valence electrons. The minimum atomic E-state index is -2.11. The van der Waals surface area contributed by atoms with E-state index in [1.54, 1.807) is 6.92 Å². The number of aliphatic hydroxyl groups excluding tert-OH is 1. The highest BCUT2D eigenvalue weighted by Gasteiger charge is 2.53. The number of ether oxygens (including phenoxy) is 1. The Balaban J connectivity index is 2.71. The molecule has 1 rings (SSSR count). The number of hydrogen-bond donors (Lipinski definition) is 1. The number of aliphatic hydroxyl groups is 1. The van der Waals surface area contributed by atoms with Crippen LogP contribution in [0.1, 0.15) is 20.3 Å². The van der Waals surface area contributed by atoms with Gasteiger partial charge in [0, 0.05) is 5.92 Å². The number of alkyl halides is 2. The molecule has 1 fully saturated rings. The summed E-state index contributed by atoms with van der Waals surface area (Å²) in [6.45, 7) is 3.50. The number of halogens is 2. The van der Waals surface area contributed by atoms with Crippen LogP contribution in [-0.2, 0) is 4.74 Å². The zero-order chi connectivity index (χ0) is 8.65. The maximum atomic E-state index is 13.2. The van der Waals surface area contributed by atoms with Crippen molar-refractivity contribution in [2.75, 3.05) is 0 Å². The average Bonchev–Trinajstić information content (AvgIpc) is 2.14. The van der Waals surface area contributed by atoms with E-state index in [1.807, 2.05) is 6.92 Å². The monoisotopic (exact) mass is 182 g/mol. The van der Waals surface area contributed by atoms with E-state index in [2.05, 4.69) is 0 Å². The first kappa shape index (κ1) is 9.23. The van der Waals surface area contributed by atoms with Crippen molar-refractivity contribution in [1.82, 2.24) is 0 Å². The predicted molar refractivity (Wildman–Crippen MR) is 40.0 cm³/mol. The van der Waals surface area contributed by atoms with E-state index in [9.17, 15) is 4.39 Å². The molecule has 0 aromatic carbocycles. The number of rotatable bonds is 1. The van der Waals surface area contributed by atoms with E-state index in [0.717, 1.165) is 0 Å². The van der Waals surface area contributed by atoms with E-state index in [0.29, 0.717) is 6.42 Å². The van der Waals surface area contributed by atoms with Gasteiger partial charge in [-0.3, -0.25) is 0 Å². The van der Waals surface area contributed by atoms with Gasteiger partial charge in [0.05, 0.1) is 6.10 Å². The Kier molecular flexibility index (Phi) is 2.42. The van der Waals surface area contributed by atoms with Crippen molar-refractivity contribution in [2.24, 2.45) is 5.92 Å². The average molecular weight is 183 g/mol. The molecule has 0 aliphatic carbocycles. The highest BCUT2D eigenvalue weighted by molar-refractivity contribution is 6.23. The molecule has 0 aromatic rings. The molecule has 0 bridgehead atoms. The lowest BCUT2D eigenvalue weighted by atomic mass is 10.00. The zero-order valence-electron chi connectivity index (χ0n) is 6.55. The third-order valence-electron chi connectivity index (χ3n) is 2.20. The van der Waals surface area contributed by atoms with Crippen LogP contribution in [0.2, 0.25) is 0 Å². The van der Waals surface area contributed by atoms with Gasteiger partial charge in [0.2, 0.25) is 11.4 Å². The molecule has 0 saturated carbocycles. The zero-order valence-corrected chi connectivity index (χ0v) is 7.31. The molecule has 1 unspecified atom stereocenters. The normalized spacial score (nSPS) is 51.5. The van der Waals surface area contributed by atoms with Crippen molar-refractivity contribution in [1.29, 1.82) is 0 Å². The quantitative estimate of drug-likeness (QED) is 0.625. The second kappa shape index (κ2) is 2.88. The smallest absolute Gasteiger partial charge is 0.238 e. The fourth-order valence-electron chi connectivity index (χ4n) is 1.30. The third-order valence-corrected chi connectivity index (χ3v) is 2.73. The molecule has 0 aromatic heterocycles. The predicted octanol–water partition coefficient (Wildman–Crippen LogP) is 1.65. The van der Waals surface area contributed by atoms with Crippen molar-refractivity contribution in [3.8, 4) is 0 Å². The van der Waals surface area contributed by atoms with Gasteiger partial charge in [0.1, 0.15) is 0 Å². The Morgan fingerprint density at radius 3 is 2.45 bits per heavy atom. The van der Waals surface area contributed by atoms with Crippen LogP contribution in [0.4, 0.5) is 4.39 Å². The van der Waals surface area contributed by atoms with Crippen LogP contribution in [0, 0.1) is 5.92 Å². The highest BCUT2D eigenvalue weighted by Crippen LogP contribution is 2.42. The molecule has 0 amide bonds. The summed E-state index contributed by atoms with van der Waals surface area (Å²) in [5.41, 5.74) is 0. The SMILES string of the molecule is CC[C@H]1OC(O)[C@@](F)(Cl)[C@@H]1C. The van der Waals surface area contributed by atoms with Crippen molar-refractivity contribution in [3.05, 3.63) is 0 Å². The maximum absolute atomic E-state index is 13.2. The molecule has 1 aliphatic heterocycles. The topological polar surface area (TPSA) is 29.5 Å². The summed E-state index contributed by atoms with van der Waals surface area (Å²) in [5.74, 6) is -0.454. The second-order valence-corrected chi connectivity index (χ2v) is 3.48. The van der Waals surface area contributed by atoms with Crippen LogP contribution < -0.4 is 0 Å². The van der Waals surface area contributed by atoms with Crippen LogP contribution in [0.15, 0.2) is 0 Å². The molecule has 4 heteroatoms. The third kappa shape index (κ3) is 1.37. The number of hydrogen-bond acceptors (Lipinski definition) is 2. The summed E-state index contributed by atoms with van der Waals surface area (Å²) in [6, 6.07) is 0. The van der Waals surface area contributed by atoms with Gasteiger partial charge < -0.3 is 9.84 Å². The Hall–Kier alpha value is 0.140.